The molecule has 1 atom stereocenters. The van der Waals surface area contributed by atoms with Crippen LogP contribution in [0.15, 0.2) is 42.7 Å². The Balaban J connectivity index is 1.38. The van der Waals surface area contributed by atoms with Gasteiger partial charge in [-0.2, -0.15) is 0 Å². The number of benzene rings is 1. The predicted octanol–water partition coefficient (Wildman–Crippen LogP) is 3.78. The van der Waals surface area contributed by atoms with Crippen molar-refractivity contribution in [2.75, 3.05) is 19.6 Å². The molecule has 1 aromatic heterocycles. The van der Waals surface area contributed by atoms with Crippen molar-refractivity contribution in [3.63, 3.8) is 0 Å². The molecule has 2 aliphatic heterocycles. The first-order valence-electron chi connectivity index (χ1n) is 12.8. The van der Waals surface area contributed by atoms with Gasteiger partial charge in [0.1, 0.15) is 17.3 Å². The van der Waals surface area contributed by atoms with Crippen molar-refractivity contribution in [2.24, 2.45) is 5.92 Å². The first kappa shape index (κ1) is 25.1. The van der Waals surface area contributed by atoms with Gasteiger partial charge in [-0.1, -0.05) is 39.3 Å². The summed E-state index contributed by atoms with van der Waals surface area (Å²) in [7, 11) is 0. The number of hydrogen-bond acceptors (Lipinski definition) is 6. The SMILES string of the molecule is CCCCN1C(=O)C(CC(C)C)NC(=O)C12CCN(Cc1ccc(Oc3ncccn3)cc1)CC2. The summed E-state index contributed by atoms with van der Waals surface area (Å²) in [5.41, 5.74) is 0.454. The van der Waals surface area contributed by atoms with Crippen molar-refractivity contribution < 1.29 is 14.3 Å². The predicted molar refractivity (Wildman–Crippen MR) is 134 cm³/mol. The van der Waals surface area contributed by atoms with Crippen LogP contribution in [0.4, 0.5) is 0 Å². The number of unbranched alkanes of at least 4 members (excludes halogenated alkanes) is 1. The van der Waals surface area contributed by atoms with Gasteiger partial charge in [0.25, 0.3) is 0 Å². The van der Waals surface area contributed by atoms with Crippen LogP contribution in [0.2, 0.25) is 0 Å². The Kier molecular flexibility index (Phi) is 8.00. The molecule has 3 heterocycles. The second kappa shape index (κ2) is 11.2. The number of ether oxygens (including phenoxy) is 1. The molecule has 2 aromatic rings. The Morgan fingerprint density at radius 1 is 1.11 bits per heavy atom. The number of piperidine rings is 1. The largest absolute Gasteiger partial charge is 0.424 e. The molecule has 0 saturated carbocycles. The maximum Gasteiger partial charge on any atom is 0.321 e. The van der Waals surface area contributed by atoms with Gasteiger partial charge in [-0.3, -0.25) is 14.5 Å². The fraction of sp³-hybridized carbons (Fsp3) is 0.556. The third-order valence-electron chi connectivity index (χ3n) is 7.02. The minimum atomic E-state index is -0.719. The zero-order valence-electron chi connectivity index (χ0n) is 21.1. The van der Waals surface area contributed by atoms with E-state index in [4.69, 9.17) is 4.74 Å². The molecule has 8 heteroatoms. The number of nitrogens with one attached hydrogen (secondary N) is 1. The summed E-state index contributed by atoms with van der Waals surface area (Å²) < 4.78 is 5.68. The van der Waals surface area contributed by atoms with E-state index in [2.05, 4.69) is 41.0 Å². The summed E-state index contributed by atoms with van der Waals surface area (Å²) >= 11 is 0. The number of carbonyl (C=O) groups excluding carboxylic acids is 2. The molecular formula is C27H37N5O3. The number of carbonyl (C=O) groups is 2. The number of likely N-dealkylation sites (tertiary alicyclic amines) is 1. The lowest BCUT2D eigenvalue weighted by atomic mass is 9.80. The molecule has 188 valence electrons. The molecule has 1 spiro atoms. The smallest absolute Gasteiger partial charge is 0.321 e. The van der Waals surface area contributed by atoms with Crippen LogP contribution < -0.4 is 10.1 Å². The number of amides is 2. The van der Waals surface area contributed by atoms with Crippen LogP contribution in [-0.2, 0) is 16.1 Å². The maximum absolute atomic E-state index is 13.4. The average Bonchev–Trinajstić information content (AvgIpc) is 2.85. The summed E-state index contributed by atoms with van der Waals surface area (Å²) in [6.07, 6.45) is 7.22. The van der Waals surface area contributed by atoms with Crippen LogP contribution in [0.1, 0.15) is 58.4 Å². The van der Waals surface area contributed by atoms with Crippen molar-refractivity contribution >= 4 is 11.8 Å². The molecule has 1 unspecified atom stereocenters. The molecule has 2 aliphatic rings. The summed E-state index contributed by atoms with van der Waals surface area (Å²) in [5, 5.41) is 3.08. The Morgan fingerprint density at radius 3 is 2.43 bits per heavy atom. The van der Waals surface area contributed by atoms with Crippen LogP contribution in [-0.4, -0.2) is 62.8 Å². The monoisotopic (exact) mass is 479 g/mol. The molecule has 1 N–H and O–H groups in total. The van der Waals surface area contributed by atoms with Crippen molar-refractivity contribution in [1.82, 2.24) is 25.1 Å². The Bertz CT molecular complexity index is 988. The number of aromatic nitrogens is 2. The third kappa shape index (κ3) is 5.81. The molecule has 2 amide bonds. The van der Waals surface area contributed by atoms with E-state index in [0.29, 0.717) is 43.5 Å². The highest BCUT2D eigenvalue weighted by molar-refractivity contribution is 6.00. The fourth-order valence-electron chi connectivity index (χ4n) is 5.09. The first-order valence-corrected chi connectivity index (χ1v) is 12.8. The summed E-state index contributed by atoms with van der Waals surface area (Å²) in [5.74, 6) is 1.17. The zero-order chi connectivity index (χ0) is 24.8. The van der Waals surface area contributed by atoms with Gasteiger partial charge in [-0.25, -0.2) is 9.97 Å². The molecular weight excluding hydrogens is 442 g/mol. The van der Waals surface area contributed by atoms with E-state index < -0.39 is 11.6 Å². The van der Waals surface area contributed by atoms with Gasteiger partial charge in [0.2, 0.25) is 11.8 Å². The highest BCUT2D eigenvalue weighted by atomic mass is 16.5. The van der Waals surface area contributed by atoms with Gasteiger partial charge in [-0.15, -0.1) is 0 Å². The lowest BCUT2D eigenvalue weighted by Crippen LogP contribution is -2.73. The number of hydrogen-bond donors (Lipinski definition) is 1. The highest BCUT2D eigenvalue weighted by Gasteiger charge is 2.53. The number of nitrogens with zero attached hydrogens (tertiary/aromatic N) is 4. The lowest BCUT2D eigenvalue weighted by Gasteiger charge is -2.52. The van der Waals surface area contributed by atoms with E-state index in [1.165, 1.54) is 5.56 Å². The zero-order valence-corrected chi connectivity index (χ0v) is 21.1. The van der Waals surface area contributed by atoms with E-state index >= 15 is 0 Å². The van der Waals surface area contributed by atoms with Gasteiger partial charge in [-0.05, 0) is 55.4 Å². The van der Waals surface area contributed by atoms with Crippen LogP contribution in [0.5, 0.6) is 11.8 Å². The van der Waals surface area contributed by atoms with E-state index in [9.17, 15) is 9.59 Å². The molecule has 2 fully saturated rings. The van der Waals surface area contributed by atoms with E-state index in [0.717, 1.165) is 32.5 Å². The molecule has 0 aliphatic carbocycles. The Hall–Kier alpha value is -3.00. The van der Waals surface area contributed by atoms with E-state index in [1.54, 1.807) is 18.5 Å². The molecule has 0 radical (unpaired) electrons. The second-order valence-corrected chi connectivity index (χ2v) is 10.1. The first-order chi connectivity index (χ1) is 16.9. The fourth-order valence-corrected chi connectivity index (χ4v) is 5.09. The second-order valence-electron chi connectivity index (χ2n) is 10.1. The van der Waals surface area contributed by atoms with Crippen LogP contribution >= 0.6 is 0 Å². The van der Waals surface area contributed by atoms with Crippen LogP contribution in [0.3, 0.4) is 0 Å². The van der Waals surface area contributed by atoms with Gasteiger partial charge in [0, 0.05) is 38.6 Å². The normalized spacial score (nSPS) is 20.3. The standard InChI is InChI=1S/C27H37N5O3/c1-4-5-15-32-24(33)23(18-20(2)3)30-25(34)27(32)11-16-31(17-12-27)19-21-7-9-22(10-8-21)35-26-28-13-6-14-29-26/h6-10,13-14,20,23H,4-5,11-12,15-19H2,1-3H3,(H,30,34). The molecule has 35 heavy (non-hydrogen) atoms. The third-order valence-corrected chi connectivity index (χ3v) is 7.02. The minimum absolute atomic E-state index is 0.0307. The highest BCUT2D eigenvalue weighted by Crippen LogP contribution is 2.34. The number of piperazine rings is 1. The lowest BCUT2D eigenvalue weighted by molar-refractivity contribution is -0.161. The van der Waals surface area contributed by atoms with E-state index in [1.807, 2.05) is 29.2 Å². The quantitative estimate of drug-likeness (QED) is 0.589. The summed E-state index contributed by atoms with van der Waals surface area (Å²) in [4.78, 5) is 39.2. The molecule has 1 aromatic carbocycles. The van der Waals surface area contributed by atoms with Crippen LogP contribution in [0, 0.1) is 5.92 Å². The minimum Gasteiger partial charge on any atom is -0.424 e. The average molecular weight is 480 g/mol. The van der Waals surface area contributed by atoms with Crippen LogP contribution in [0.25, 0.3) is 0 Å². The van der Waals surface area contributed by atoms with E-state index in [-0.39, 0.29) is 11.8 Å². The van der Waals surface area contributed by atoms with Crippen molar-refractivity contribution in [1.29, 1.82) is 0 Å². The summed E-state index contributed by atoms with van der Waals surface area (Å²) in [6.45, 7) is 9.29. The topological polar surface area (TPSA) is 87.7 Å². The Labute approximate surface area is 208 Å². The van der Waals surface area contributed by atoms with Crippen molar-refractivity contribution in [2.45, 2.75) is 71.0 Å². The molecule has 4 rings (SSSR count). The van der Waals surface area contributed by atoms with Gasteiger partial charge < -0.3 is 15.0 Å². The summed E-state index contributed by atoms with van der Waals surface area (Å²) in [6, 6.07) is 9.61. The molecule has 8 nitrogen and oxygen atoms in total. The molecule has 2 saturated heterocycles. The van der Waals surface area contributed by atoms with Gasteiger partial charge in [0.15, 0.2) is 0 Å². The van der Waals surface area contributed by atoms with Gasteiger partial charge in [0.05, 0.1) is 0 Å². The maximum atomic E-state index is 13.4. The molecule has 0 bridgehead atoms. The van der Waals surface area contributed by atoms with Crippen molar-refractivity contribution in [3.05, 3.63) is 48.3 Å². The van der Waals surface area contributed by atoms with Crippen molar-refractivity contribution in [3.8, 4) is 11.8 Å². The van der Waals surface area contributed by atoms with Gasteiger partial charge >= 0.3 is 6.01 Å². The Morgan fingerprint density at radius 2 is 1.80 bits per heavy atom. The number of rotatable bonds is 9.